The Bertz CT molecular complexity index is 464. The molecule has 0 saturated heterocycles. The minimum atomic E-state index is -1.03. The van der Waals surface area contributed by atoms with Crippen molar-refractivity contribution in [3.63, 3.8) is 0 Å². The van der Waals surface area contributed by atoms with Gasteiger partial charge in [-0.2, -0.15) is 0 Å². The Morgan fingerprint density at radius 1 is 1.19 bits per heavy atom. The molecule has 1 rings (SSSR count). The fourth-order valence-corrected chi connectivity index (χ4v) is 1.50. The van der Waals surface area contributed by atoms with Crippen molar-refractivity contribution < 1.29 is 24.2 Å². The number of nitrogens with one attached hydrogen (secondary N) is 2. The first-order valence-electron chi connectivity index (χ1n) is 6.58. The summed E-state index contributed by atoms with van der Waals surface area (Å²) >= 11 is 0. The van der Waals surface area contributed by atoms with E-state index in [1.807, 2.05) is 31.2 Å². The molecule has 0 aliphatic carbocycles. The molecular formula is C14H20N2O5. The molecule has 1 aromatic carbocycles. The van der Waals surface area contributed by atoms with E-state index in [0.29, 0.717) is 13.2 Å². The summed E-state index contributed by atoms with van der Waals surface area (Å²) in [4.78, 5) is 21.5. The van der Waals surface area contributed by atoms with Crippen LogP contribution >= 0.6 is 0 Å². The fourth-order valence-electron chi connectivity index (χ4n) is 1.50. The van der Waals surface area contributed by atoms with E-state index >= 15 is 0 Å². The van der Waals surface area contributed by atoms with Gasteiger partial charge < -0.3 is 25.2 Å². The Balaban J connectivity index is 2.02. The molecule has 1 aromatic rings. The summed E-state index contributed by atoms with van der Waals surface area (Å²) in [6.07, 6.45) is 0. The van der Waals surface area contributed by atoms with Crippen LogP contribution in [0.3, 0.4) is 0 Å². The van der Waals surface area contributed by atoms with Gasteiger partial charge in [-0.25, -0.2) is 9.59 Å². The highest BCUT2D eigenvalue weighted by Crippen LogP contribution is 2.11. The van der Waals surface area contributed by atoms with Crippen LogP contribution in [0.5, 0.6) is 5.75 Å². The van der Waals surface area contributed by atoms with Gasteiger partial charge in [0.25, 0.3) is 0 Å². The number of carboxylic acid groups (broad SMARTS) is 1. The zero-order valence-electron chi connectivity index (χ0n) is 11.9. The van der Waals surface area contributed by atoms with Crippen molar-refractivity contribution >= 4 is 12.0 Å². The van der Waals surface area contributed by atoms with E-state index in [1.165, 1.54) is 0 Å². The Labute approximate surface area is 123 Å². The van der Waals surface area contributed by atoms with E-state index in [2.05, 4.69) is 10.6 Å². The third kappa shape index (κ3) is 8.48. The lowest BCUT2D eigenvalue weighted by Gasteiger charge is -2.09. The number of carboxylic acids is 1. The first-order chi connectivity index (χ1) is 10.1. The van der Waals surface area contributed by atoms with Crippen molar-refractivity contribution in [2.24, 2.45) is 0 Å². The summed E-state index contributed by atoms with van der Waals surface area (Å²) in [6, 6.07) is 7.31. The number of carbonyl (C=O) groups excluding carboxylic acids is 1. The number of amides is 2. The standard InChI is InChI=1S/C14H20N2O5/c1-11-3-2-4-12(9-11)21-8-6-16-14(19)15-5-7-20-10-13(17)18/h2-4,9H,5-8,10H2,1H3,(H,17,18)(H2,15,16,19). The van der Waals surface area contributed by atoms with Gasteiger partial charge in [0.05, 0.1) is 13.2 Å². The van der Waals surface area contributed by atoms with Crippen LogP contribution in [0, 0.1) is 6.92 Å². The predicted molar refractivity (Wildman–Crippen MR) is 76.5 cm³/mol. The van der Waals surface area contributed by atoms with E-state index in [-0.39, 0.29) is 25.8 Å². The van der Waals surface area contributed by atoms with Gasteiger partial charge in [0, 0.05) is 6.54 Å². The maximum absolute atomic E-state index is 11.4. The molecule has 0 aliphatic heterocycles. The third-order valence-electron chi connectivity index (χ3n) is 2.40. The minimum absolute atomic E-state index is 0.152. The van der Waals surface area contributed by atoms with E-state index in [4.69, 9.17) is 14.6 Å². The average Bonchev–Trinajstić information content (AvgIpc) is 2.43. The van der Waals surface area contributed by atoms with Gasteiger partial charge in [0.2, 0.25) is 0 Å². The highest BCUT2D eigenvalue weighted by molar-refractivity contribution is 5.73. The number of urea groups is 1. The molecule has 0 heterocycles. The average molecular weight is 296 g/mol. The van der Waals surface area contributed by atoms with E-state index < -0.39 is 5.97 Å². The molecule has 7 nitrogen and oxygen atoms in total. The van der Waals surface area contributed by atoms with E-state index in [1.54, 1.807) is 0 Å². The van der Waals surface area contributed by atoms with E-state index in [9.17, 15) is 9.59 Å². The summed E-state index contributed by atoms with van der Waals surface area (Å²) in [6.45, 7) is 2.75. The van der Waals surface area contributed by atoms with Gasteiger partial charge in [-0.1, -0.05) is 12.1 Å². The first-order valence-corrected chi connectivity index (χ1v) is 6.58. The van der Waals surface area contributed by atoms with Crippen LogP contribution < -0.4 is 15.4 Å². The number of hydrogen-bond acceptors (Lipinski definition) is 4. The first kappa shape index (κ1) is 16.8. The summed E-state index contributed by atoms with van der Waals surface area (Å²) < 4.78 is 10.2. The lowest BCUT2D eigenvalue weighted by atomic mass is 10.2. The van der Waals surface area contributed by atoms with Crippen LogP contribution in [-0.2, 0) is 9.53 Å². The van der Waals surface area contributed by atoms with Crippen LogP contribution in [0.2, 0.25) is 0 Å². The number of carbonyl (C=O) groups is 2. The third-order valence-corrected chi connectivity index (χ3v) is 2.40. The van der Waals surface area contributed by atoms with Crippen molar-refractivity contribution in [3.8, 4) is 5.75 Å². The normalized spacial score (nSPS) is 9.95. The van der Waals surface area contributed by atoms with Crippen LogP contribution in [0.25, 0.3) is 0 Å². The van der Waals surface area contributed by atoms with Gasteiger partial charge in [0.15, 0.2) is 0 Å². The van der Waals surface area contributed by atoms with Crippen molar-refractivity contribution in [1.82, 2.24) is 10.6 Å². The number of ether oxygens (including phenoxy) is 2. The maximum atomic E-state index is 11.4. The van der Waals surface area contributed by atoms with Crippen molar-refractivity contribution in [2.75, 3.05) is 32.9 Å². The van der Waals surface area contributed by atoms with Gasteiger partial charge in [0.1, 0.15) is 19.0 Å². The fraction of sp³-hybridized carbons (Fsp3) is 0.429. The van der Waals surface area contributed by atoms with Crippen LogP contribution in [0.1, 0.15) is 5.56 Å². The highest BCUT2D eigenvalue weighted by atomic mass is 16.5. The number of aliphatic carboxylic acids is 1. The number of aryl methyl sites for hydroxylation is 1. The lowest BCUT2D eigenvalue weighted by Crippen LogP contribution is -2.39. The lowest BCUT2D eigenvalue weighted by molar-refractivity contribution is -0.142. The molecule has 0 bridgehead atoms. The summed E-state index contributed by atoms with van der Waals surface area (Å²) in [5, 5.41) is 13.5. The molecule has 21 heavy (non-hydrogen) atoms. The Morgan fingerprint density at radius 3 is 2.57 bits per heavy atom. The van der Waals surface area contributed by atoms with Crippen LogP contribution in [-0.4, -0.2) is 50.0 Å². The smallest absolute Gasteiger partial charge is 0.329 e. The predicted octanol–water partition coefficient (Wildman–Crippen LogP) is 0.774. The molecule has 0 saturated carbocycles. The second kappa shape index (κ2) is 9.60. The molecule has 116 valence electrons. The zero-order chi connectivity index (χ0) is 15.5. The molecule has 2 amide bonds. The Morgan fingerprint density at radius 2 is 1.90 bits per heavy atom. The minimum Gasteiger partial charge on any atom is -0.492 e. The molecule has 7 heteroatoms. The van der Waals surface area contributed by atoms with Gasteiger partial charge in [-0.15, -0.1) is 0 Å². The van der Waals surface area contributed by atoms with Crippen LogP contribution in [0.15, 0.2) is 24.3 Å². The number of rotatable bonds is 9. The largest absolute Gasteiger partial charge is 0.492 e. The summed E-state index contributed by atoms with van der Waals surface area (Å²) in [5.41, 5.74) is 1.11. The molecule has 3 N–H and O–H groups in total. The highest BCUT2D eigenvalue weighted by Gasteiger charge is 2.00. The monoisotopic (exact) mass is 296 g/mol. The van der Waals surface area contributed by atoms with Gasteiger partial charge in [-0.3, -0.25) is 0 Å². The van der Waals surface area contributed by atoms with Crippen molar-refractivity contribution in [2.45, 2.75) is 6.92 Å². The SMILES string of the molecule is Cc1cccc(OCCNC(=O)NCCOCC(=O)O)c1. The molecule has 0 aromatic heterocycles. The Kier molecular flexibility index (Phi) is 7.67. The second-order valence-electron chi connectivity index (χ2n) is 4.29. The molecular weight excluding hydrogens is 276 g/mol. The quantitative estimate of drug-likeness (QED) is 0.585. The summed E-state index contributed by atoms with van der Waals surface area (Å²) in [5.74, 6) is -0.271. The number of hydrogen-bond donors (Lipinski definition) is 3. The molecule has 0 unspecified atom stereocenters. The van der Waals surface area contributed by atoms with E-state index in [0.717, 1.165) is 11.3 Å². The summed E-state index contributed by atoms with van der Waals surface area (Å²) in [7, 11) is 0. The number of benzene rings is 1. The topological polar surface area (TPSA) is 96.9 Å². The van der Waals surface area contributed by atoms with Crippen molar-refractivity contribution in [3.05, 3.63) is 29.8 Å². The molecule has 0 spiro atoms. The van der Waals surface area contributed by atoms with Crippen LogP contribution in [0.4, 0.5) is 4.79 Å². The Hall–Kier alpha value is -2.28. The van der Waals surface area contributed by atoms with Crippen molar-refractivity contribution in [1.29, 1.82) is 0 Å². The molecule has 0 atom stereocenters. The zero-order valence-corrected chi connectivity index (χ0v) is 11.9. The maximum Gasteiger partial charge on any atom is 0.329 e. The molecule has 0 radical (unpaired) electrons. The van der Waals surface area contributed by atoms with Gasteiger partial charge in [-0.05, 0) is 24.6 Å². The molecule has 0 aliphatic rings. The molecule has 0 fully saturated rings. The second-order valence-corrected chi connectivity index (χ2v) is 4.29. The van der Waals surface area contributed by atoms with Gasteiger partial charge >= 0.3 is 12.0 Å².